The summed E-state index contributed by atoms with van der Waals surface area (Å²) in [5.41, 5.74) is 0.376. The molecule has 1 aliphatic carbocycles. The lowest BCUT2D eigenvalue weighted by molar-refractivity contribution is -0.141. The summed E-state index contributed by atoms with van der Waals surface area (Å²) in [5.74, 6) is 1.19. The van der Waals surface area contributed by atoms with Crippen LogP contribution in [0.1, 0.15) is 58.4 Å². The van der Waals surface area contributed by atoms with Crippen molar-refractivity contribution in [1.29, 1.82) is 0 Å². The van der Waals surface area contributed by atoms with Crippen LogP contribution in [-0.4, -0.2) is 34.8 Å². The average molecular weight is 391 g/mol. The minimum Gasteiger partial charge on any atom is -0.351 e. The standard InChI is InChI=1S/C22H31ClN2O2/c1-15-5-4-6-19(16(15)2)24-21(27)22(3)13-11-20(26)25(22)14-12-17-7-9-18(23)10-8-17/h7-10,15-16,19H,4-6,11-14H2,1-3H3,(H,24,27). The smallest absolute Gasteiger partial charge is 0.245 e. The molecule has 1 heterocycles. The van der Waals surface area contributed by atoms with Crippen molar-refractivity contribution in [2.75, 3.05) is 6.54 Å². The molecule has 1 aliphatic heterocycles. The summed E-state index contributed by atoms with van der Waals surface area (Å²) < 4.78 is 0. The zero-order chi connectivity index (χ0) is 19.6. The van der Waals surface area contributed by atoms with Crippen molar-refractivity contribution in [3.05, 3.63) is 34.9 Å². The van der Waals surface area contributed by atoms with Crippen LogP contribution in [0.4, 0.5) is 0 Å². The number of carbonyl (C=O) groups is 2. The highest BCUT2D eigenvalue weighted by Crippen LogP contribution is 2.33. The van der Waals surface area contributed by atoms with Gasteiger partial charge in [-0.15, -0.1) is 0 Å². The molecule has 1 aromatic carbocycles. The Labute approximate surface area is 167 Å². The second-order valence-corrected chi connectivity index (χ2v) is 8.98. The summed E-state index contributed by atoms with van der Waals surface area (Å²) in [4.78, 5) is 27.5. The molecule has 5 heteroatoms. The molecular weight excluding hydrogens is 360 g/mol. The zero-order valence-electron chi connectivity index (χ0n) is 16.6. The minimum absolute atomic E-state index is 0.00964. The monoisotopic (exact) mass is 390 g/mol. The van der Waals surface area contributed by atoms with Gasteiger partial charge >= 0.3 is 0 Å². The summed E-state index contributed by atoms with van der Waals surface area (Å²) in [7, 11) is 0. The van der Waals surface area contributed by atoms with Gasteiger partial charge in [-0.3, -0.25) is 9.59 Å². The predicted molar refractivity (Wildman–Crippen MR) is 109 cm³/mol. The van der Waals surface area contributed by atoms with Gasteiger partial charge in [-0.05, 0) is 55.7 Å². The number of likely N-dealkylation sites (tertiary alicyclic amines) is 1. The van der Waals surface area contributed by atoms with Crippen LogP contribution in [0.25, 0.3) is 0 Å². The van der Waals surface area contributed by atoms with Crippen molar-refractivity contribution in [2.45, 2.75) is 70.9 Å². The van der Waals surface area contributed by atoms with Crippen molar-refractivity contribution >= 4 is 23.4 Å². The van der Waals surface area contributed by atoms with E-state index in [1.807, 2.05) is 31.2 Å². The number of nitrogens with one attached hydrogen (secondary N) is 1. The van der Waals surface area contributed by atoms with E-state index in [9.17, 15) is 9.59 Å². The van der Waals surface area contributed by atoms with Gasteiger partial charge in [0.15, 0.2) is 0 Å². The lowest BCUT2D eigenvalue weighted by Gasteiger charge is -2.39. The molecule has 3 rings (SSSR count). The molecule has 27 heavy (non-hydrogen) atoms. The maximum absolute atomic E-state index is 13.2. The summed E-state index contributed by atoms with van der Waals surface area (Å²) in [6.45, 7) is 6.98. The first kappa shape index (κ1) is 20.2. The number of amides is 2. The molecule has 0 aromatic heterocycles. The van der Waals surface area contributed by atoms with Crippen LogP contribution in [0.3, 0.4) is 0 Å². The average Bonchev–Trinajstić information content (AvgIpc) is 2.94. The summed E-state index contributed by atoms with van der Waals surface area (Å²) in [5, 5.41) is 3.99. The molecule has 2 amide bonds. The summed E-state index contributed by atoms with van der Waals surface area (Å²) >= 11 is 5.95. The molecule has 1 N–H and O–H groups in total. The van der Waals surface area contributed by atoms with Gasteiger partial charge in [0, 0.05) is 24.0 Å². The molecule has 1 saturated heterocycles. The maximum atomic E-state index is 13.2. The first-order chi connectivity index (χ1) is 12.8. The van der Waals surface area contributed by atoms with E-state index in [0.717, 1.165) is 24.8 Å². The van der Waals surface area contributed by atoms with Gasteiger partial charge in [0.2, 0.25) is 11.8 Å². The van der Waals surface area contributed by atoms with Gasteiger partial charge < -0.3 is 10.2 Å². The molecule has 0 bridgehead atoms. The highest BCUT2D eigenvalue weighted by Gasteiger charge is 2.47. The second kappa shape index (κ2) is 8.22. The van der Waals surface area contributed by atoms with Gasteiger partial charge in [0.05, 0.1) is 0 Å². The molecule has 2 fully saturated rings. The number of hydrogen-bond donors (Lipinski definition) is 1. The molecule has 148 valence electrons. The van der Waals surface area contributed by atoms with Gasteiger partial charge in [0.1, 0.15) is 5.54 Å². The number of nitrogens with zero attached hydrogens (tertiary/aromatic N) is 1. The van der Waals surface area contributed by atoms with E-state index in [-0.39, 0.29) is 17.9 Å². The second-order valence-electron chi connectivity index (χ2n) is 8.54. The van der Waals surface area contributed by atoms with Crippen molar-refractivity contribution in [2.24, 2.45) is 11.8 Å². The molecule has 2 aliphatic rings. The maximum Gasteiger partial charge on any atom is 0.245 e. The normalized spacial score (nSPS) is 31.2. The number of halogens is 1. The van der Waals surface area contributed by atoms with Crippen LogP contribution in [0.5, 0.6) is 0 Å². The SMILES string of the molecule is CC1CCCC(NC(=O)C2(C)CCC(=O)N2CCc2ccc(Cl)cc2)C1C. The molecule has 0 radical (unpaired) electrons. The van der Waals surface area contributed by atoms with Crippen molar-refractivity contribution < 1.29 is 9.59 Å². The predicted octanol–water partition coefficient (Wildman–Crippen LogP) is 4.20. The third kappa shape index (κ3) is 4.31. The van der Waals surface area contributed by atoms with Crippen LogP contribution in [-0.2, 0) is 16.0 Å². The Bertz CT molecular complexity index is 690. The number of rotatable bonds is 5. The van der Waals surface area contributed by atoms with E-state index in [0.29, 0.717) is 36.2 Å². The van der Waals surface area contributed by atoms with Gasteiger partial charge in [-0.25, -0.2) is 0 Å². The van der Waals surface area contributed by atoms with Gasteiger partial charge in [0.25, 0.3) is 0 Å². The Hall–Kier alpha value is -1.55. The van der Waals surface area contributed by atoms with E-state index in [1.54, 1.807) is 4.90 Å². The highest BCUT2D eigenvalue weighted by molar-refractivity contribution is 6.30. The van der Waals surface area contributed by atoms with Gasteiger partial charge in [-0.1, -0.05) is 50.4 Å². The molecule has 0 spiro atoms. The largest absolute Gasteiger partial charge is 0.351 e. The third-order valence-corrected chi connectivity index (χ3v) is 7.02. The fourth-order valence-electron chi connectivity index (χ4n) is 4.50. The van der Waals surface area contributed by atoms with Crippen LogP contribution in [0, 0.1) is 11.8 Å². The van der Waals surface area contributed by atoms with Crippen LogP contribution < -0.4 is 5.32 Å². The highest BCUT2D eigenvalue weighted by atomic mass is 35.5. The molecule has 4 atom stereocenters. The number of carbonyl (C=O) groups excluding carboxylic acids is 2. The third-order valence-electron chi connectivity index (χ3n) is 6.77. The van der Waals surface area contributed by atoms with E-state index in [4.69, 9.17) is 11.6 Å². The summed E-state index contributed by atoms with van der Waals surface area (Å²) in [6, 6.07) is 7.89. The van der Waals surface area contributed by atoms with Gasteiger partial charge in [-0.2, -0.15) is 0 Å². The Kier molecular flexibility index (Phi) is 6.15. The van der Waals surface area contributed by atoms with Crippen LogP contribution in [0.15, 0.2) is 24.3 Å². The fourth-order valence-corrected chi connectivity index (χ4v) is 4.63. The molecule has 4 unspecified atom stereocenters. The van der Waals surface area contributed by atoms with Crippen molar-refractivity contribution in [3.8, 4) is 0 Å². The van der Waals surface area contributed by atoms with Crippen LogP contribution >= 0.6 is 11.6 Å². The lowest BCUT2D eigenvalue weighted by Crippen LogP contribution is -2.58. The summed E-state index contributed by atoms with van der Waals surface area (Å²) in [6.07, 6.45) is 5.19. The minimum atomic E-state index is -0.746. The Morgan fingerprint density at radius 1 is 1.26 bits per heavy atom. The Morgan fingerprint density at radius 3 is 2.67 bits per heavy atom. The molecular formula is C22H31ClN2O2. The Morgan fingerprint density at radius 2 is 1.96 bits per heavy atom. The topological polar surface area (TPSA) is 49.4 Å². The van der Waals surface area contributed by atoms with Crippen molar-refractivity contribution in [1.82, 2.24) is 10.2 Å². The van der Waals surface area contributed by atoms with E-state index in [2.05, 4.69) is 19.2 Å². The lowest BCUT2D eigenvalue weighted by atomic mass is 9.77. The van der Waals surface area contributed by atoms with Crippen molar-refractivity contribution in [3.63, 3.8) is 0 Å². The number of benzene rings is 1. The van der Waals surface area contributed by atoms with E-state index in [1.165, 1.54) is 6.42 Å². The van der Waals surface area contributed by atoms with E-state index >= 15 is 0 Å². The first-order valence-corrected chi connectivity index (χ1v) is 10.5. The molecule has 4 nitrogen and oxygen atoms in total. The van der Waals surface area contributed by atoms with E-state index < -0.39 is 5.54 Å². The Balaban J connectivity index is 1.67. The molecule has 1 aromatic rings. The fraction of sp³-hybridized carbons (Fsp3) is 0.636. The number of hydrogen-bond acceptors (Lipinski definition) is 2. The van der Waals surface area contributed by atoms with Crippen LogP contribution in [0.2, 0.25) is 5.02 Å². The first-order valence-electron chi connectivity index (χ1n) is 10.2. The zero-order valence-corrected chi connectivity index (χ0v) is 17.4. The quantitative estimate of drug-likeness (QED) is 0.818. The molecule has 1 saturated carbocycles.